The zero-order valence-electron chi connectivity index (χ0n) is 11.0. The zero-order valence-corrected chi connectivity index (χ0v) is 11.0. The molecule has 3 nitrogen and oxygen atoms in total. The first kappa shape index (κ1) is 11.3. The Balaban J connectivity index is 2.14. The summed E-state index contributed by atoms with van der Waals surface area (Å²) in [5.41, 5.74) is 3.37. The fourth-order valence-corrected chi connectivity index (χ4v) is 2.88. The summed E-state index contributed by atoms with van der Waals surface area (Å²) < 4.78 is 11.3. The van der Waals surface area contributed by atoms with Crippen LogP contribution in [0.15, 0.2) is 51.7 Å². The Morgan fingerprint density at radius 3 is 2.80 bits per heavy atom. The molecule has 0 saturated carbocycles. The lowest BCUT2D eigenvalue weighted by atomic mass is 10.1. The molecular weight excluding hydrogens is 252 g/mol. The summed E-state index contributed by atoms with van der Waals surface area (Å²) in [4.78, 5) is 12.7. The summed E-state index contributed by atoms with van der Waals surface area (Å²) in [5, 5.41) is 0.569. The smallest absolute Gasteiger partial charge is 0.200 e. The van der Waals surface area contributed by atoms with E-state index in [9.17, 15) is 4.79 Å². The second-order valence-corrected chi connectivity index (χ2v) is 4.90. The Labute approximate surface area is 115 Å². The minimum atomic E-state index is 0.0186. The molecule has 0 N–H and O–H groups in total. The van der Waals surface area contributed by atoms with Crippen molar-refractivity contribution in [1.29, 1.82) is 0 Å². The van der Waals surface area contributed by atoms with Gasteiger partial charge in [-0.1, -0.05) is 30.3 Å². The molecule has 2 aromatic carbocycles. The van der Waals surface area contributed by atoms with Gasteiger partial charge in [-0.2, -0.15) is 0 Å². The van der Waals surface area contributed by atoms with Crippen LogP contribution in [0.2, 0.25) is 0 Å². The molecule has 3 heteroatoms. The van der Waals surface area contributed by atoms with Crippen LogP contribution in [0.4, 0.5) is 0 Å². The number of rotatable bonds is 1. The Bertz CT molecular complexity index is 890. The maximum Gasteiger partial charge on any atom is 0.200 e. The molecular formula is C17H12O3. The largest absolute Gasteiger partial charge is 0.493 e. The van der Waals surface area contributed by atoms with Crippen LogP contribution >= 0.6 is 0 Å². The monoisotopic (exact) mass is 264 g/mol. The van der Waals surface area contributed by atoms with Gasteiger partial charge in [-0.3, -0.25) is 4.79 Å². The number of ether oxygens (including phenoxy) is 1. The summed E-state index contributed by atoms with van der Waals surface area (Å²) in [7, 11) is 1.58. The summed E-state index contributed by atoms with van der Waals surface area (Å²) in [6.07, 6.45) is 0.661. The molecule has 1 aliphatic rings. The van der Waals surface area contributed by atoms with Gasteiger partial charge in [0.25, 0.3) is 0 Å². The highest BCUT2D eigenvalue weighted by atomic mass is 16.5. The van der Waals surface area contributed by atoms with E-state index in [1.165, 1.54) is 0 Å². The quantitative estimate of drug-likeness (QED) is 0.529. The molecule has 3 aromatic rings. The fourth-order valence-electron chi connectivity index (χ4n) is 2.88. The van der Waals surface area contributed by atoms with Crippen LogP contribution in [0, 0.1) is 0 Å². The lowest BCUT2D eigenvalue weighted by Crippen LogP contribution is -2.06. The topological polar surface area (TPSA) is 39.4 Å². The van der Waals surface area contributed by atoms with Gasteiger partial charge in [-0.25, -0.2) is 0 Å². The first-order valence-electron chi connectivity index (χ1n) is 6.50. The van der Waals surface area contributed by atoms with Crippen LogP contribution in [0.25, 0.3) is 22.1 Å². The molecule has 0 radical (unpaired) electrons. The maximum absolute atomic E-state index is 12.7. The first-order chi connectivity index (χ1) is 9.79. The van der Waals surface area contributed by atoms with Gasteiger partial charge in [-0.15, -0.1) is 0 Å². The summed E-state index contributed by atoms with van der Waals surface area (Å²) in [6, 6.07) is 13.3. The molecule has 98 valence electrons. The summed E-state index contributed by atoms with van der Waals surface area (Å²) in [5.74, 6) is 1.33. The predicted molar refractivity (Wildman–Crippen MR) is 77.3 cm³/mol. The third-order valence-electron chi connectivity index (χ3n) is 3.81. The van der Waals surface area contributed by atoms with E-state index in [1.807, 2.05) is 30.3 Å². The Morgan fingerprint density at radius 1 is 1.10 bits per heavy atom. The fraction of sp³-hybridized carbons (Fsp3) is 0.118. The molecule has 0 atom stereocenters. The van der Waals surface area contributed by atoms with Gasteiger partial charge in [0.05, 0.1) is 18.1 Å². The van der Waals surface area contributed by atoms with Crippen molar-refractivity contribution in [1.82, 2.24) is 0 Å². The van der Waals surface area contributed by atoms with E-state index in [4.69, 9.17) is 9.15 Å². The van der Waals surface area contributed by atoms with Crippen LogP contribution in [0.1, 0.15) is 11.3 Å². The van der Waals surface area contributed by atoms with Crippen LogP contribution in [0.5, 0.6) is 5.75 Å². The van der Waals surface area contributed by atoms with Gasteiger partial charge in [0.2, 0.25) is 5.43 Å². The lowest BCUT2D eigenvalue weighted by molar-refractivity contribution is 0.407. The molecule has 0 spiro atoms. The lowest BCUT2D eigenvalue weighted by Gasteiger charge is -2.06. The highest BCUT2D eigenvalue weighted by molar-refractivity contribution is 5.88. The van der Waals surface area contributed by atoms with E-state index in [0.717, 1.165) is 16.9 Å². The third kappa shape index (κ3) is 1.37. The molecule has 0 bridgehead atoms. The second-order valence-electron chi connectivity index (χ2n) is 4.90. The van der Waals surface area contributed by atoms with E-state index in [2.05, 4.69) is 0 Å². The standard InChI is InChI=1S/C17H12O3/c1-19-13-8-4-7-12-16(18)15-11-6-3-2-5-10(11)9-14(15)20-17(12)13/h2-8H,9H2,1H3. The Kier molecular flexibility index (Phi) is 2.24. The van der Waals surface area contributed by atoms with Crippen molar-refractivity contribution in [2.75, 3.05) is 7.11 Å². The Hall–Kier alpha value is -2.55. The number of hydrogen-bond acceptors (Lipinski definition) is 3. The van der Waals surface area contributed by atoms with E-state index < -0.39 is 0 Å². The molecule has 0 saturated heterocycles. The van der Waals surface area contributed by atoms with Crippen LogP contribution in [0.3, 0.4) is 0 Å². The van der Waals surface area contributed by atoms with Crippen LogP contribution in [-0.2, 0) is 6.42 Å². The first-order valence-corrected chi connectivity index (χ1v) is 6.50. The van der Waals surface area contributed by atoms with Gasteiger partial charge >= 0.3 is 0 Å². The van der Waals surface area contributed by atoms with Crippen molar-refractivity contribution in [3.8, 4) is 16.9 Å². The normalized spacial score (nSPS) is 12.2. The van der Waals surface area contributed by atoms with Crippen molar-refractivity contribution in [3.05, 3.63) is 64.0 Å². The highest BCUT2D eigenvalue weighted by Gasteiger charge is 2.25. The molecule has 0 aliphatic heterocycles. The van der Waals surface area contributed by atoms with Crippen LogP contribution in [-0.4, -0.2) is 7.11 Å². The van der Waals surface area contributed by atoms with E-state index >= 15 is 0 Å². The molecule has 0 amide bonds. The molecule has 1 heterocycles. The molecule has 0 unspecified atom stereocenters. The summed E-state index contributed by atoms with van der Waals surface area (Å²) in [6.45, 7) is 0. The van der Waals surface area contributed by atoms with E-state index in [0.29, 0.717) is 28.7 Å². The summed E-state index contributed by atoms with van der Waals surface area (Å²) >= 11 is 0. The number of fused-ring (bicyclic) bond motifs is 4. The number of methoxy groups -OCH3 is 1. The molecule has 1 aromatic heterocycles. The van der Waals surface area contributed by atoms with Crippen molar-refractivity contribution in [2.45, 2.75) is 6.42 Å². The highest BCUT2D eigenvalue weighted by Crippen LogP contribution is 2.37. The van der Waals surface area contributed by atoms with Gasteiger partial charge < -0.3 is 9.15 Å². The SMILES string of the molecule is COc1cccc2c(=O)c3c(oc12)Cc1ccccc1-3. The van der Waals surface area contributed by atoms with Gasteiger partial charge in [0.15, 0.2) is 11.3 Å². The Morgan fingerprint density at radius 2 is 1.95 bits per heavy atom. The predicted octanol–water partition coefficient (Wildman–Crippen LogP) is 3.37. The molecule has 4 rings (SSSR count). The van der Waals surface area contributed by atoms with Crippen molar-refractivity contribution in [3.63, 3.8) is 0 Å². The van der Waals surface area contributed by atoms with Crippen LogP contribution < -0.4 is 10.2 Å². The molecule has 1 aliphatic carbocycles. The molecule has 20 heavy (non-hydrogen) atoms. The van der Waals surface area contributed by atoms with Gasteiger partial charge in [-0.05, 0) is 23.3 Å². The van der Waals surface area contributed by atoms with Gasteiger partial charge in [0, 0.05) is 6.42 Å². The van der Waals surface area contributed by atoms with Gasteiger partial charge in [0.1, 0.15) is 5.76 Å². The molecule has 0 fully saturated rings. The van der Waals surface area contributed by atoms with E-state index in [1.54, 1.807) is 19.2 Å². The van der Waals surface area contributed by atoms with E-state index in [-0.39, 0.29) is 5.43 Å². The van der Waals surface area contributed by atoms with Crippen molar-refractivity contribution in [2.24, 2.45) is 0 Å². The van der Waals surface area contributed by atoms with Crippen molar-refractivity contribution < 1.29 is 9.15 Å². The minimum absolute atomic E-state index is 0.0186. The zero-order chi connectivity index (χ0) is 13.7. The third-order valence-corrected chi connectivity index (χ3v) is 3.81. The average Bonchev–Trinajstić information content (AvgIpc) is 2.85. The van der Waals surface area contributed by atoms with Crippen molar-refractivity contribution >= 4 is 11.0 Å². The second kappa shape index (κ2) is 3.97. The maximum atomic E-state index is 12.7. The number of para-hydroxylation sites is 1. The average molecular weight is 264 g/mol. The minimum Gasteiger partial charge on any atom is -0.493 e. The number of benzene rings is 2. The number of hydrogen-bond donors (Lipinski definition) is 0.